The molecule has 0 saturated heterocycles. The lowest BCUT2D eigenvalue weighted by atomic mass is 9.93. The summed E-state index contributed by atoms with van der Waals surface area (Å²) < 4.78 is 41.0. The lowest BCUT2D eigenvalue weighted by molar-refractivity contribution is 0.0728. The van der Waals surface area contributed by atoms with Gasteiger partial charge in [-0.2, -0.15) is 0 Å². The molecule has 5 aromatic carbocycles. The van der Waals surface area contributed by atoms with Crippen molar-refractivity contribution in [1.29, 1.82) is 0 Å². The van der Waals surface area contributed by atoms with Crippen LogP contribution in [-0.2, 0) is 0 Å². The molecule has 5 aromatic rings. The highest BCUT2D eigenvalue weighted by molar-refractivity contribution is 6.27. The summed E-state index contributed by atoms with van der Waals surface area (Å²) in [5, 5.41) is 6.13. The Bertz CT molecular complexity index is 2540. The highest BCUT2D eigenvalue weighted by atomic mass is 16.6. The van der Waals surface area contributed by atoms with Crippen molar-refractivity contribution < 1.29 is 33.2 Å². The van der Waals surface area contributed by atoms with E-state index >= 15 is 0 Å². The van der Waals surface area contributed by atoms with Gasteiger partial charge in [-0.15, -0.1) is 0 Å². The van der Waals surface area contributed by atoms with Crippen molar-refractivity contribution in [2.45, 2.75) is 356 Å². The van der Waals surface area contributed by atoms with Gasteiger partial charge in [0, 0.05) is 0 Å². The van der Waals surface area contributed by atoms with Crippen LogP contribution in [0.15, 0.2) is 66.7 Å². The molecule has 7 nitrogen and oxygen atoms in total. The van der Waals surface area contributed by atoms with E-state index in [1.54, 1.807) is 0 Å². The van der Waals surface area contributed by atoms with E-state index in [0.717, 1.165) is 120 Å². The van der Waals surface area contributed by atoms with E-state index in [4.69, 9.17) is 28.4 Å². The fourth-order valence-corrected chi connectivity index (χ4v) is 13.3. The van der Waals surface area contributed by atoms with Crippen molar-refractivity contribution in [2.75, 3.05) is 33.0 Å². The van der Waals surface area contributed by atoms with E-state index in [-0.39, 0.29) is 0 Å². The maximum absolute atomic E-state index is 14.2. The topological polar surface area (TPSA) is 72.5 Å². The number of benzene rings is 5. The third-order valence-electron chi connectivity index (χ3n) is 19.1. The molecule has 92 heavy (non-hydrogen) atoms. The molecule has 0 radical (unpaired) electrons. The van der Waals surface area contributed by atoms with Gasteiger partial charge in [0.25, 0.3) is 0 Å². The molecule has 0 saturated carbocycles. The van der Waals surface area contributed by atoms with Gasteiger partial charge < -0.3 is 28.4 Å². The number of carbonyl (C=O) groups excluding carboxylic acids is 1. The minimum Gasteiger partial charge on any atom is -0.490 e. The minimum absolute atomic E-state index is 0.408. The number of carbonyl (C=O) groups is 1. The molecule has 0 bridgehead atoms. The maximum atomic E-state index is 14.2. The summed E-state index contributed by atoms with van der Waals surface area (Å²) in [6.07, 6.45) is 63.3. The molecular formula is C85H136O7. The number of unbranched alkanes of at least 4 members (excludes halogenated alkanes) is 45. The Kier molecular flexibility index (Phi) is 44.6. The second kappa shape index (κ2) is 52.6. The van der Waals surface area contributed by atoms with Gasteiger partial charge in [0.2, 0.25) is 0 Å². The summed E-state index contributed by atoms with van der Waals surface area (Å²) in [7, 11) is 0. The molecule has 0 aliphatic carbocycles. The molecule has 0 aromatic heterocycles. The average molecular weight is 1270 g/mol. The van der Waals surface area contributed by atoms with Gasteiger partial charge in [-0.3, -0.25) is 0 Å². The SMILES string of the molecule is CCCCCCCCCCCCOc1cc2c3cc(OCCCCCCCCCCCC)c(OCCCCCCCCCCCC)cc3c3cc(OC(=O)c4ccccc4)c(OCCCCCCCCCCCC)cc3c2cc1OCCCCCCCCCCCC. The molecule has 0 N–H and O–H groups in total. The molecule has 518 valence electrons. The molecule has 0 amide bonds. The van der Waals surface area contributed by atoms with Crippen molar-refractivity contribution in [2.24, 2.45) is 0 Å². The predicted molar refractivity (Wildman–Crippen MR) is 397 cm³/mol. The summed E-state index contributed by atoms with van der Waals surface area (Å²) in [6, 6.07) is 22.5. The van der Waals surface area contributed by atoms with Crippen LogP contribution in [0.3, 0.4) is 0 Å². The molecule has 0 aliphatic rings. The van der Waals surface area contributed by atoms with Crippen LogP contribution in [0.25, 0.3) is 32.3 Å². The summed E-state index contributed by atoms with van der Waals surface area (Å²) >= 11 is 0. The number of esters is 1. The Labute approximate surface area is 564 Å². The second-order valence-corrected chi connectivity index (χ2v) is 27.4. The highest BCUT2D eigenvalue weighted by Crippen LogP contribution is 2.48. The molecule has 0 unspecified atom stereocenters. The molecule has 7 heteroatoms. The first-order chi connectivity index (χ1) is 45.5. The third kappa shape index (κ3) is 32.7. The van der Waals surface area contributed by atoms with Gasteiger partial charge in [0.15, 0.2) is 34.5 Å². The van der Waals surface area contributed by atoms with Crippen LogP contribution < -0.4 is 28.4 Å². The van der Waals surface area contributed by atoms with Gasteiger partial charge in [0.1, 0.15) is 0 Å². The quantitative estimate of drug-likeness (QED) is 0.0166. The van der Waals surface area contributed by atoms with Gasteiger partial charge in [-0.25, -0.2) is 4.79 Å². The van der Waals surface area contributed by atoms with E-state index in [1.807, 2.05) is 30.3 Å². The first-order valence-electron chi connectivity index (χ1n) is 39.5. The van der Waals surface area contributed by atoms with Crippen LogP contribution in [0, 0.1) is 0 Å². The molecule has 0 aliphatic heterocycles. The van der Waals surface area contributed by atoms with Gasteiger partial charge >= 0.3 is 5.97 Å². The molecule has 0 fully saturated rings. The monoisotopic (exact) mass is 1270 g/mol. The molecule has 5 rings (SSSR count). The Morgan fingerprint density at radius 1 is 0.228 bits per heavy atom. The molecular weight excluding hydrogens is 1130 g/mol. The van der Waals surface area contributed by atoms with Crippen molar-refractivity contribution in [3.05, 3.63) is 72.3 Å². The van der Waals surface area contributed by atoms with Crippen molar-refractivity contribution in [1.82, 2.24) is 0 Å². The summed E-state index contributed by atoms with van der Waals surface area (Å²) in [6.45, 7) is 14.5. The Balaban J connectivity index is 1.55. The third-order valence-corrected chi connectivity index (χ3v) is 19.1. The van der Waals surface area contributed by atoms with E-state index in [1.165, 1.54) is 257 Å². The summed E-state index contributed by atoms with van der Waals surface area (Å²) in [4.78, 5) is 14.2. The normalized spacial score (nSPS) is 11.6. The second-order valence-electron chi connectivity index (χ2n) is 27.4. The van der Waals surface area contributed by atoms with E-state index < -0.39 is 5.97 Å². The standard InChI is InChI=1S/C85H136O7/c1-6-11-16-21-26-31-36-41-46-54-61-87-79-66-73-74-67-80(88-62-55-47-42-37-32-27-22-17-12-7-2)82(90-64-57-49-44-39-34-29-24-19-14-9-4)69-76(74)78-71-84(92-85(86)72-59-52-51-53-60-72)83(91-65-58-50-45-40-35-30-25-20-15-10-5)70-77(78)75(73)68-81(79)89-63-56-48-43-38-33-28-23-18-13-8-3/h51-53,59-60,66-71H,6-50,54-58,61-65H2,1-5H3. The first kappa shape index (κ1) is 78.0. The van der Waals surface area contributed by atoms with Crippen LogP contribution >= 0.6 is 0 Å². The average Bonchev–Trinajstić information content (AvgIpc) is 0.729. The van der Waals surface area contributed by atoms with Gasteiger partial charge in [0.05, 0.1) is 38.6 Å². The summed E-state index contributed by atoms with van der Waals surface area (Å²) in [5.74, 6) is 3.70. The van der Waals surface area contributed by atoms with E-state index in [0.29, 0.717) is 50.1 Å². The zero-order chi connectivity index (χ0) is 65.0. The smallest absolute Gasteiger partial charge is 0.343 e. The van der Waals surface area contributed by atoms with Crippen LogP contribution in [0.2, 0.25) is 0 Å². The minimum atomic E-state index is -0.408. The van der Waals surface area contributed by atoms with E-state index in [9.17, 15) is 4.79 Å². The molecule has 0 spiro atoms. The molecule has 0 heterocycles. The number of ether oxygens (including phenoxy) is 6. The van der Waals surface area contributed by atoms with Crippen LogP contribution in [0.5, 0.6) is 34.5 Å². The zero-order valence-electron chi connectivity index (χ0n) is 60.1. The predicted octanol–water partition coefficient (Wildman–Crippen LogP) is 27.9. The molecule has 0 atom stereocenters. The first-order valence-corrected chi connectivity index (χ1v) is 39.5. The largest absolute Gasteiger partial charge is 0.490 e. The fraction of sp³-hybridized carbons (Fsp3) is 0.706. The van der Waals surface area contributed by atoms with E-state index in [2.05, 4.69) is 71.0 Å². The van der Waals surface area contributed by atoms with Crippen molar-refractivity contribution in [3.63, 3.8) is 0 Å². The Hall–Kier alpha value is -4.65. The Morgan fingerprint density at radius 3 is 0.609 bits per heavy atom. The van der Waals surface area contributed by atoms with Gasteiger partial charge in [-0.05, 0) is 113 Å². The van der Waals surface area contributed by atoms with Crippen LogP contribution in [-0.4, -0.2) is 39.0 Å². The van der Waals surface area contributed by atoms with Crippen molar-refractivity contribution >= 4 is 38.3 Å². The number of hydrogen-bond acceptors (Lipinski definition) is 7. The van der Waals surface area contributed by atoms with Crippen molar-refractivity contribution in [3.8, 4) is 34.5 Å². The number of fused-ring (bicyclic) bond motifs is 6. The lowest BCUT2D eigenvalue weighted by Crippen LogP contribution is -2.10. The maximum Gasteiger partial charge on any atom is 0.343 e. The summed E-state index contributed by atoms with van der Waals surface area (Å²) in [5.41, 5.74) is 0.498. The number of hydrogen-bond donors (Lipinski definition) is 0. The zero-order valence-corrected chi connectivity index (χ0v) is 60.1. The highest BCUT2D eigenvalue weighted by Gasteiger charge is 2.22. The Morgan fingerprint density at radius 2 is 0.402 bits per heavy atom. The number of rotatable bonds is 62. The van der Waals surface area contributed by atoms with Crippen LogP contribution in [0.1, 0.15) is 366 Å². The lowest BCUT2D eigenvalue weighted by Gasteiger charge is -2.20. The van der Waals surface area contributed by atoms with Crippen LogP contribution in [0.4, 0.5) is 0 Å². The van der Waals surface area contributed by atoms with Gasteiger partial charge in [-0.1, -0.05) is 342 Å². The fourth-order valence-electron chi connectivity index (χ4n) is 13.3.